The van der Waals surface area contributed by atoms with Crippen LogP contribution in [0.1, 0.15) is 74.3 Å². The number of amides is 2. The first kappa shape index (κ1) is 37.9. The summed E-state index contributed by atoms with van der Waals surface area (Å²) in [6.07, 6.45) is -19.5. The molecule has 0 saturated carbocycles. The van der Waals surface area contributed by atoms with Gasteiger partial charge in [-0.3, -0.25) is 10.3 Å². The fraction of sp³-hybridized carbons (Fsp3) is 0.448. The van der Waals surface area contributed by atoms with E-state index in [0.29, 0.717) is 0 Å². The molecule has 0 aliphatic carbocycles. The zero-order valence-corrected chi connectivity index (χ0v) is 26.1. The number of carbonyl (C=O) groups excluding carboxylic acids is 3. The second kappa shape index (κ2) is 12.5. The summed E-state index contributed by atoms with van der Waals surface area (Å²) in [5.74, 6) is -2.08. The van der Waals surface area contributed by atoms with Crippen molar-refractivity contribution in [1.29, 1.82) is 0 Å². The summed E-state index contributed by atoms with van der Waals surface area (Å²) >= 11 is 0. The van der Waals surface area contributed by atoms with Crippen LogP contribution in [0.15, 0.2) is 36.4 Å². The summed E-state index contributed by atoms with van der Waals surface area (Å²) in [6.45, 7) is 8.52. The molecule has 0 fully saturated rings. The van der Waals surface area contributed by atoms with Crippen LogP contribution in [0.25, 0.3) is 5.70 Å². The maximum absolute atomic E-state index is 14.6. The summed E-state index contributed by atoms with van der Waals surface area (Å²) < 4.78 is 140. The number of aromatic nitrogens is 1. The van der Waals surface area contributed by atoms with Crippen LogP contribution in [0.2, 0.25) is 0 Å². The molecule has 19 heteroatoms. The van der Waals surface area contributed by atoms with Gasteiger partial charge in [0.05, 0.1) is 29.6 Å². The lowest BCUT2D eigenvalue weighted by atomic mass is 9.89. The monoisotopic (exact) mass is 701 g/mol. The predicted molar refractivity (Wildman–Crippen MR) is 147 cm³/mol. The Balaban J connectivity index is 2.33. The standard InChI is InChI=1S/C29H28F9N3O7/c1-24(2,3)46-22(43)41(23(44)47-25(4,5)6)20-17(21(42)45-7)8-9-18(39-20)19-13-26(48-40-19,29(36,37)38)14-10-15(27(30,31)32)12-16(11-14)28(33,34)35/h8-13,40H,1-7H3. The van der Waals surface area contributed by atoms with E-state index < -0.39 is 93.0 Å². The van der Waals surface area contributed by atoms with Crippen LogP contribution in [-0.4, -0.2) is 47.6 Å². The minimum atomic E-state index is -5.69. The molecule has 48 heavy (non-hydrogen) atoms. The summed E-state index contributed by atoms with van der Waals surface area (Å²) in [5, 5.41) is 0. The summed E-state index contributed by atoms with van der Waals surface area (Å²) in [6, 6.07) is 1.07. The number of carbonyl (C=O) groups is 3. The molecule has 0 saturated heterocycles. The summed E-state index contributed by atoms with van der Waals surface area (Å²) in [5.41, 5.74) is -12.4. The number of nitrogens with one attached hydrogen (secondary N) is 1. The first-order valence-corrected chi connectivity index (χ1v) is 13.5. The maximum atomic E-state index is 14.6. The fourth-order valence-corrected chi connectivity index (χ4v) is 4.04. The second-order valence-corrected chi connectivity index (χ2v) is 12.1. The highest BCUT2D eigenvalue weighted by molar-refractivity contribution is 6.12. The number of halogens is 9. The van der Waals surface area contributed by atoms with Gasteiger partial charge >= 0.3 is 36.7 Å². The van der Waals surface area contributed by atoms with Gasteiger partial charge in [-0.05, 0) is 78.0 Å². The van der Waals surface area contributed by atoms with Crippen molar-refractivity contribution >= 4 is 29.7 Å². The van der Waals surface area contributed by atoms with Gasteiger partial charge in [0.2, 0.25) is 5.60 Å². The Morgan fingerprint density at radius 3 is 1.67 bits per heavy atom. The molecule has 0 bridgehead atoms. The van der Waals surface area contributed by atoms with Gasteiger partial charge in [-0.2, -0.15) is 44.4 Å². The predicted octanol–water partition coefficient (Wildman–Crippen LogP) is 7.92. The molecule has 10 nitrogen and oxygen atoms in total. The highest BCUT2D eigenvalue weighted by Gasteiger charge is 2.60. The highest BCUT2D eigenvalue weighted by Crippen LogP contribution is 2.49. The van der Waals surface area contributed by atoms with Gasteiger partial charge < -0.3 is 14.2 Å². The molecular weight excluding hydrogens is 673 g/mol. The minimum absolute atomic E-state index is 0.109. The molecular formula is C29H28F9N3O7. The number of imide groups is 1. The van der Waals surface area contributed by atoms with Crippen LogP contribution < -0.4 is 10.4 Å². The smallest absolute Gasteiger partial charge is 0.428 e. The number of methoxy groups -OCH3 is 1. The van der Waals surface area contributed by atoms with Crippen LogP contribution in [-0.2, 0) is 37.0 Å². The Labute approximate surface area is 266 Å². The van der Waals surface area contributed by atoms with E-state index in [9.17, 15) is 53.9 Å². The number of hydrogen-bond acceptors (Lipinski definition) is 9. The van der Waals surface area contributed by atoms with Crippen LogP contribution >= 0.6 is 0 Å². The van der Waals surface area contributed by atoms with Gasteiger partial charge in [-0.15, -0.1) is 0 Å². The number of rotatable bonds is 4. The molecule has 264 valence electrons. The lowest BCUT2D eigenvalue weighted by Crippen LogP contribution is -2.45. The van der Waals surface area contributed by atoms with Gasteiger partial charge in [0.1, 0.15) is 16.8 Å². The Morgan fingerprint density at radius 2 is 1.27 bits per heavy atom. The normalized spacial score (nSPS) is 17.3. The third-order valence-corrected chi connectivity index (χ3v) is 6.03. The van der Waals surface area contributed by atoms with Gasteiger partial charge in [-0.25, -0.2) is 19.4 Å². The number of hydroxylamine groups is 1. The van der Waals surface area contributed by atoms with E-state index in [4.69, 9.17) is 9.47 Å². The third kappa shape index (κ3) is 8.29. The summed E-state index contributed by atoms with van der Waals surface area (Å²) in [4.78, 5) is 48.0. The summed E-state index contributed by atoms with van der Waals surface area (Å²) in [7, 11) is 0.919. The van der Waals surface area contributed by atoms with Gasteiger partial charge in [-0.1, -0.05) is 0 Å². The van der Waals surface area contributed by atoms with E-state index in [1.165, 1.54) is 41.5 Å². The quantitative estimate of drug-likeness (QED) is 0.193. The SMILES string of the molecule is COC(=O)c1ccc(C2=CC(c3cc(C(F)(F)F)cc(C(F)(F)F)c3)(C(F)(F)F)ON2)nc1N(C(=O)OC(C)(C)C)C(=O)OC(C)(C)C. The van der Waals surface area contributed by atoms with Gasteiger partial charge in [0.25, 0.3) is 0 Å². The lowest BCUT2D eigenvalue weighted by Gasteiger charge is -2.29. The van der Waals surface area contributed by atoms with E-state index >= 15 is 0 Å². The van der Waals surface area contributed by atoms with Crippen LogP contribution in [0.5, 0.6) is 0 Å². The molecule has 0 radical (unpaired) electrons. The first-order valence-electron chi connectivity index (χ1n) is 13.5. The number of esters is 1. The molecule has 2 aromatic rings. The molecule has 1 atom stereocenters. The Hall–Kier alpha value is -4.55. The molecule has 1 unspecified atom stereocenters. The lowest BCUT2D eigenvalue weighted by molar-refractivity contribution is -0.269. The Kier molecular flexibility index (Phi) is 9.85. The Morgan fingerprint density at radius 1 is 0.792 bits per heavy atom. The number of benzene rings is 1. The Bertz CT molecular complexity index is 1560. The first-order chi connectivity index (χ1) is 21.6. The van der Waals surface area contributed by atoms with E-state index in [1.54, 1.807) is 5.48 Å². The molecule has 3 rings (SSSR count). The average Bonchev–Trinajstić information content (AvgIpc) is 3.37. The van der Waals surface area contributed by atoms with Gasteiger partial charge in [0, 0.05) is 5.56 Å². The van der Waals surface area contributed by atoms with Crippen molar-refractivity contribution in [1.82, 2.24) is 10.5 Å². The molecule has 1 aromatic carbocycles. The van der Waals surface area contributed by atoms with E-state index in [1.807, 2.05) is 0 Å². The van der Waals surface area contributed by atoms with Crippen molar-refractivity contribution in [3.63, 3.8) is 0 Å². The molecule has 1 aliphatic heterocycles. The highest BCUT2D eigenvalue weighted by atomic mass is 19.4. The minimum Gasteiger partial charge on any atom is -0.465 e. The average molecular weight is 702 g/mol. The van der Waals surface area contributed by atoms with Crippen molar-refractivity contribution in [2.75, 3.05) is 12.0 Å². The van der Waals surface area contributed by atoms with Crippen molar-refractivity contribution in [3.8, 4) is 0 Å². The van der Waals surface area contributed by atoms with Crippen LogP contribution in [0.4, 0.5) is 54.9 Å². The van der Waals surface area contributed by atoms with Crippen molar-refractivity contribution in [2.45, 2.75) is 76.9 Å². The maximum Gasteiger partial charge on any atom is 0.428 e. The third-order valence-electron chi connectivity index (χ3n) is 6.03. The van der Waals surface area contributed by atoms with E-state index in [2.05, 4.69) is 14.6 Å². The number of hydrogen-bond donors (Lipinski definition) is 1. The molecule has 1 aromatic heterocycles. The number of alkyl halides is 9. The zero-order chi connectivity index (χ0) is 36.8. The number of nitrogens with zero attached hydrogens (tertiary/aromatic N) is 2. The topological polar surface area (TPSA) is 116 Å². The van der Waals surface area contributed by atoms with Crippen molar-refractivity contribution < 1.29 is 72.9 Å². The number of pyridine rings is 1. The van der Waals surface area contributed by atoms with E-state index in [-0.39, 0.29) is 29.2 Å². The van der Waals surface area contributed by atoms with E-state index in [0.717, 1.165) is 19.2 Å². The molecule has 2 heterocycles. The molecule has 0 spiro atoms. The van der Waals surface area contributed by atoms with Crippen molar-refractivity contribution in [2.24, 2.45) is 0 Å². The van der Waals surface area contributed by atoms with Gasteiger partial charge in [0.15, 0.2) is 5.82 Å². The fourth-order valence-electron chi connectivity index (χ4n) is 4.04. The van der Waals surface area contributed by atoms with Crippen LogP contribution in [0.3, 0.4) is 0 Å². The largest absolute Gasteiger partial charge is 0.465 e. The molecule has 1 aliphatic rings. The zero-order valence-electron chi connectivity index (χ0n) is 26.1. The molecule has 2 amide bonds. The molecule has 1 N–H and O–H groups in total. The van der Waals surface area contributed by atoms with Crippen molar-refractivity contribution in [3.05, 3.63) is 64.4 Å². The number of anilines is 1. The number of ether oxygens (including phenoxy) is 3. The van der Waals surface area contributed by atoms with Crippen LogP contribution in [0, 0.1) is 0 Å². The second-order valence-electron chi connectivity index (χ2n) is 12.1.